The van der Waals surface area contributed by atoms with E-state index in [2.05, 4.69) is 77.9 Å². The molecule has 0 saturated carbocycles. The quantitative estimate of drug-likeness (QED) is 0.160. The highest BCUT2D eigenvalue weighted by Crippen LogP contribution is 2.55. The number of esters is 1. The highest BCUT2D eigenvalue weighted by Gasteiger charge is 2.42. The molecule has 2 aromatic rings. The first kappa shape index (κ1) is 28.5. The Kier molecular flexibility index (Phi) is 9.39. The van der Waals surface area contributed by atoms with Crippen LogP contribution in [0.3, 0.4) is 0 Å². The zero-order valence-electron chi connectivity index (χ0n) is 24.6. The second-order valence-electron chi connectivity index (χ2n) is 12.1. The van der Waals surface area contributed by atoms with Gasteiger partial charge in [0.05, 0.1) is 5.56 Å². The number of fused-ring (bicyclic) bond motifs is 2. The Labute approximate surface area is 231 Å². The molecule has 1 aliphatic carbocycles. The van der Waals surface area contributed by atoms with Crippen LogP contribution in [-0.4, -0.2) is 11.6 Å². The van der Waals surface area contributed by atoms with Gasteiger partial charge in [-0.3, -0.25) is 4.79 Å². The minimum absolute atomic E-state index is 0.151. The minimum atomic E-state index is -0.335. The molecule has 1 heterocycles. The van der Waals surface area contributed by atoms with Gasteiger partial charge in [0.15, 0.2) is 0 Å². The zero-order valence-corrected chi connectivity index (χ0v) is 24.6. The van der Waals surface area contributed by atoms with Crippen molar-refractivity contribution in [1.82, 2.24) is 0 Å². The normalized spacial score (nSPS) is 19.4. The molecule has 1 aliphatic heterocycles. The minimum Gasteiger partial charge on any atom is -0.483 e. The number of carbonyl (C=O) groups is 1. The molecule has 3 atom stereocenters. The third-order valence-electron chi connectivity index (χ3n) is 8.97. The van der Waals surface area contributed by atoms with Crippen LogP contribution in [0.4, 0.5) is 0 Å². The molecule has 4 rings (SSSR count). The van der Waals surface area contributed by atoms with Crippen molar-refractivity contribution >= 4 is 11.5 Å². The van der Waals surface area contributed by atoms with Crippen molar-refractivity contribution < 1.29 is 14.3 Å². The van der Waals surface area contributed by atoms with Crippen LogP contribution < -0.4 is 9.47 Å². The lowest BCUT2D eigenvalue weighted by Crippen LogP contribution is -2.34. The molecule has 3 nitrogen and oxygen atoms in total. The molecule has 0 aromatic heterocycles. The summed E-state index contributed by atoms with van der Waals surface area (Å²) in [5, 5.41) is 0. The van der Waals surface area contributed by atoms with E-state index in [1.165, 1.54) is 48.0 Å². The van der Waals surface area contributed by atoms with Crippen molar-refractivity contribution in [2.45, 2.75) is 117 Å². The molecule has 0 saturated heterocycles. The van der Waals surface area contributed by atoms with Crippen molar-refractivity contribution in [3.63, 3.8) is 0 Å². The second kappa shape index (κ2) is 12.5. The van der Waals surface area contributed by atoms with Gasteiger partial charge in [-0.05, 0) is 98.1 Å². The number of ether oxygens (including phenoxy) is 2. The Morgan fingerprint density at radius 1 is 1.08 bits per heavy atom. The van der Waals surface area contributed by atoms with Crippen LogP contribution in [0.1, 0.15) is 122 Å². The maximum Gasteiger partial charge on any atom is 0.311 e. The van der Waals surface area contributed by atoms with E-state index in [0.29, 0.717) is 29.9 Å². The summed E-state index contributed by atoms with van der Waals surface area (Å²) < 4.78 is 12.9. The largest absolute Gasteiger partial charge is 0.483 e. The SMILES string of the molecule is CCCCCC(C)C(C)c1cc(OC(=O)CCCc2ccccc2)c2c(c1)OC(C)(C)C1=C2C(CC)CC1. The van der Waals surface area contributed by atoms with Gasteiger partial charge in [-0.15, -0.1) is 0 Å². The van der Waals surface area contributed by atoms with E-state index >= 15 is 0 Å². The van der Waals surface area contributed by atoms with E-state index < -0.39 is 0 Å². The summed E-state index contributed by atoms with van der Waals surface area (Å²) in [6, 6.07) is 14.8. The van der Waals surface area contributed by atoms with E-state index in [1.807, 2.05) is 6.07 Å². The van der Waals surface area contributed by atoms with Crippen molar-refractivity contribution in [2.24, 2.45) is 11.8 Å². The Balaban J connectivity index is 1.64. The van der Waals surface area contributed by atoms with Crippen LogP contribution in [0, 0.1) is 11.8 Å². The van der Waals surface area contributed by atoms with Crippen molar-refractivity contribution in [1.29, 1.82) is 0 Å². The van der Waals surface area contributed by atoms with Crippen LogP contribution in [-0.2, 0) is 11.2 Å². The molecular formula is C35H48O3. The van der Waals surface area contributed by atoms with Gasteiger partial charge in [-0.2, -0.15) is 0 Å². The lowest BCUT2D eigenvalue weighted by Gasteiger charge is -2.37. The summed E-state index contributed by atoms with van der Waals surface area (Å²) >= 11 is 0. The third-order valence-corrected chi connectivity index (χ3v) is 8.97. The number of carbonyl (C=O) groups excluding carboxylic acids is 1. The van der Waals surface area contributed by atoms with Crippen LogP contribution in [0.15, 0.2) is 48.0 Å². The summed E-state index contributed by atoms with van der Waals surface area (Å²) in [5.41, 5.74) is 5.93. The first-order valence-corrected chi connectivity index (χ1v) is 15.1. The summed E-state index contributed by atoms with van der Waals surface area (Å²) in [5.74, 6) is 2.85. The van der Waals surface area contributed by atoms with E-state index in [0.717, 1.165) is 43.4 Å². The van der Waals surface area contributed by atoms with Crippen LogP contribution in [0.5, 0.6) is 11.5 Å². The Morgan fingerprint density at radius 3 is 2.55 bits per heavy atom. The number of unbranched alkanes of at least 4 members (excludes halogenated alkanes) is 2. The van der Waals surface area contributed by atoms with Gasteiger partial charge in [-0.25, -0.2) is 0 Å². The van der Waals surface area contributed by atoms with E-state index in [9.17, 15) is 4.79 Å². The standard InChI is InChI=1S/C35H48O3/c1-7-9-11-15-24(3)25(4)28-22-30(37-32(36)19-14-18-26-16-12-10-13-17-26)34-31(23-28)38-35(5,6)29-21-20-27(8-2)33(29)34/h10,12-13,16-17,22-25,27H,7-9,11,14-15,18-21H2,1-6H3. The highest BCUT2D eigenvalue weighted by atomic mass is 16.5. The molecule has 3 unspecified atom stereocenters. The van der Waals surface area contributed by atoms with E-state index in [1.54, 1.807) is 0 Å². The molecular weight excluding hydrogens is 468 g/mol. The average molecular weight is 517 g/mol. The van der Waals surface area contributed by atoms with Gasteiger partial charge >= 0.3 is 5.97 Å². The zero-order chi connectivity index (χ0) is 27.3. The Bertz CT molecular complexity index is 1130. The maximum absolute atomic E-state index is 13.2. The van der Waals surface area contributed by atoms with Crippen LogP contribution >= 0.6 is 0 Å². The van der Waals surface area contributed by atoms with Gasteiger partial charge < -0.3 is 9.47 Å². The topological polar surface area (TPSA) is 35.5 Å². The smallest absolute Gasteiger partial charge is 0.311 e. The fourth-order valence-electron chi connectivity index (χ4n) is 6.42. The van der Waals surface area contributed by atoms with Crippen molar-refractivity contribution in [3.8, 4) is 11.5 Å². The predicted octanol–water partition coefficient (Wildman–Crippen LogP) is 9.68. The number of hydrogen-bond acceptors (Lipinski definition) is 3. The summed E-state index contributed by atoms with van der Waals surface area (Å²) in [6.07, 6.45) is 10.3. The lowest BCUT2D eigenvalue weighted by molar-refractivity contribution is -0.134. The highest BCUT2D eigenvalue weighted by molar-refractivity contribution is 5.85. The number of hydrogen-bond donors (Lipinski definition) is 0. The monoisotopic (exact) mass is 516 g/mol. The molecule has 38 heavy (non-hydrogen) atoms. The van der Waals surface area contributed by atoms with Gasteiger partial charge in [0, 0.05) is 6.42 Å². The molecule has 0 bridgehead atoms. The third kappa shape index (κ3) is 6.35. The fraction of sp³-hybridized carbons (Fsp3) is 0.571. The first-order valence-electron chi connectivity index (χ1n) is 15.1. The van der Waals surface area contributed by atoms with Crippen LogP contribution in [0.25, 0.3) is 5.57 Å². The Hall–Kier alpha value is -2.55. The molecule has 206 valence electrons. The predicted molar refractivity (Wildman–Crippen MR) is 158 cm³/mol. The second-order valence-corrected chi connectivity index (χ2v) is 12.1. The van der Waals surface area contributed by atoms with Gasteiger partial charge in [-0.1, -0.05) is 83.7 Å². The molecule has 0 N–H and O–H groups in total. The first-order chi connectivity index (χ1) is 18.2. The van der Waals surface area contributed by atoms with Crippen LogP contribution in [0.2, 0.25) is 0 Å². The summed E-state index contributed by atoms with van der Waals surface area (Å²) in [7, 11) is 0. The molecule has 0 spiro atoms. The maximum atomic E-state index is 13.2. The summed E-state index contributed by atoms with van der Waals surface area (Å²) in [6.45, 7) is 13.6. The number of benzene rings is 2. The molecule has 3 heteroatoms. The lowest BCUT2D eigenvalue weighted by atomic mass is 9.81. The van der Waals surface area contributed by atoms with Crippen molar-refractivity contribution in [2.75, 3.05) is 0 Å². The van der Waals surface area contributed by atoms with E-state index in [4.69, 9.17) is 9.47 Å². The number of aryl methyl sites for hydroxylation is 1. The van der Waals surface area contributed by atoms with E-state index in [-0.39, 0.29) is 11.6 Å². The Morgan fingerprint density at radius 2 is 1.84 bits per heavy atom. The molecule has 0 fully saturated rings. The van der Waals surface area contributed by atoms with Crippen molar-refractivity contribution in [3.05, 3.63) is 64.7 Å². The molecule has 0 radical (unpaired) electrons. The van der Waals surface area contributed by atoms with Gasteiger partial charge in [0.2, 0.25) is 0 Å². The molecule has 2 aliphatic rings. The number of allylic oxidation sites excluding steroid dienone is 1. The molecule has 0 amide bonds. The average Bonchev–Trinajstić information content (AvgIpc) is 3.34. The number of rotatable bonds is 12. The summed E-state index contributed by atoms with van der Waals surface area (Å²) in [4.78, 5) is 13.2. The fourth-order valence-corrected chi connectivity index (χ4v) is 6.42. The molecule has 2 aromatic carbocycles. The van der Waals surface area contributed by atoms with Gasteiger partial charge in [0.25, 0.3) is 0 Å². The van der Waals surface area contributed by atoms with Gasteiger partial charge in [0.1, 0.15) is 17.1 Å².